The Hall–Kier alpha value is -1.55. The molecule has 1 aromatic rings. The van der Waals surface area contributed by atoms with Crippen LogP contribution in [-0.4, -0.2) is 24.9 Å². The number of hydrogen-bond acceptors (Lipinski definition) is 2. The molecule has 2 saturated carbocycles. The van der Waals surface area contributed by atoms with E-state index in [1.54, 1.807) is 0 Å². The summed E-state index contributed by atoms with van der Waals surface area (Å²) in [7, 11) is 0. The summed E-state index contributed by atoms with van der Waals surface area (Å²) >= 11 is 6.15. The first-order valence-corrected chi connectivity index (χ1v) is 7.84. The van der Waals surface area contributed by atoms with Gasteiger partial charge in [-0.1, -0.05) is 29.8 Å². The number of rotatable bonds is 6. The Balaban J connectivity index is 1.39. The Morgan fingerprint density at radius 3 is 2.43 bits per heavy atom. The minimum Gasteiger partial charge on any atom is -0.354 e. The van der Waals surface area contributed by atoms with E-state index in [9.17, 15) is 9.59 Å². The van der Waals surface area contributed by atoms with Crippen LogP contribution >= 0.6 is 11.6 Å². The number of carbonyl (C=O) groups excluding carboxylic acids is 2. The summed E-state index contributed by atoms with van der Waals surface area (Å²) < 4.78 is 0. The highest BCUT2D eigenvalue weighted by molar-refractivity contribution is 6.31. The zero-order valence-electron chi connectivity index (χ0n) is 11.8. The molecule has 2 amide bonds. The van der Waals surface area contributed by atoms with Gasteiger partial charge in [0, 0.05) is 29.9 Å². The molecule has 2 atom stereocenters. The molecule has 2 fully saturated rings. The van der Waals surface area contributed by atoms with E-state index in [4.69, 9.17) is 11.6 Å². The highest BCUT2D eigenvalue weighted by Gasteiger charge is 2.44. The fraction of sp³-hybridized carbons (Fsp3) is 0.500. The zero-order chi connectivity index (χ0) is 14.8. The Kier molecular flexibility index (Phi) is 4.15. The number of carbonyl (C=O) groups is 2. The average Bonchev–Trinajstić information content (AvgIpc) is 3.36. The molecular weight excluding hydrogens is 288 g/mol. The molecule has 5 heteroatoms. The normalized spacial score (nSPS) is 23.5. The smallest absolute Gasteiger partial charge is 0.223 e. The highest BCUT2D eigenvalue weighted by atomic mass is 35.5. The maximum Gasteiger partial charge on any atom is 0.223 e. The standard InChI is InChI=1S/C16H19ClN2O2/c17-14-4-2-1-3-11(14)12-9-13(12)16(21)19-8-7-18-15(20)10-5-6-10/h1-4,10,12-13H,5-9H2,(H,18,20)(H,19,21). The molecular formula is C16H19ClN2O2. The number of halogens is 1. The van der Waals surface area contributed by atoms with Crippen molar-refractivity contribution in [3.63, 3.8) is 0 Å². The zero-order valence-corrected chi connectivity index (χ0v) is 12.5. The summed E-state index contributed by atoms with van der Waals surface area (Å²) in [6, 6.07) is 7.68. The van der Waals surface area contributed by atoms with Crippen LogP contribution in [0.4, 0.5) is 0 Å². The largest absolute Gasteiger partial charge is 0.354 e. The van der Waals surface area contributed by atoms with Gasteiger partial charge in [-0.05, 0) is 36.8 Å². The van der Waals surface area contributed by atoms with Crippen molar-refractivity contribution < 1.29 is 9.59 Å². The van der Waals surface area contributed by atoms with Crippen LogP contribution < -0.4 is 10.6 Å². The van der Waals surface area contributed by atoms with Crippen LogP contribution in [0.5, 0.6) is 0 Å². The lowest BCUT2D eigenvalue weighted by Gasteiger charge is -2.07. The van der Waals surface area contributed by atoms with E-state index >= 15 is 0 Å². The molecule has 0 saturated heterocycles. The van der Waals surface area contributed by atoms with Gasteiger partial charge >= 0.3 is 0 Å². The van der Waals surface area contributed by atoms with E-state index in [2.05, 4.69) is 10.6 Å². The average molecular weight is 307 g/mol. The Labute approximate surface area is 129 Å². The summed E-state index contributed by atoms with van der Waals surface area (Å²) in [6.07, 6.45) is 2.85. The van der Waals surface area contributed by atoms with Crippen molar-refractivity contribution in [2.45, 2.75) is 25.2 Å². The third-order valence-electron chi connectivity index (χ3n) is 4.10. The lowest BCUT2D eigenvalue weighted by molar-refractivity contribution is -0.124. The summed E-state index contributed by atoms with van der Waals surface area (Å²) in [4.78, 5) is 23.5. The maximum absolute atomic E-state index is 12.0. The van der Waals surface area contributed by atoms with E-state index in [-0.39, 0.29) is 29.6 Å². The van der Waals surface area contributed by atoms with Crippen LogP contribution in [-0.2, 0) is 9.59 Å². The number of hydrogen-bond donors (Lipinski definition) is 2. The predicted molar refractivity (Wildman–Crippen MR) is 81.0 cm³/mol. The number of amides is 2. The molecule has 0 spiro atoms. The maximum atomic E-state index is 12.0. The van der Waals surface area contributed by atoms with Gasteiger partial charge in [0.1, 0.15) is 0 Å². The molecule has 4 nitrogen and oxygen atoms in total. The summed E-state index contributed by atoms with van der Waals surface area (Å²) in [5, 5.41) is 6.45. The fourth-order valence-corrected chi connectivity index (χ4v) is 2.87. The van der Waals surface area contributed by atoms with Gasteiger partial charge in [0.2, 0.25) is 11.8 Å². The Bertz CT molecular complexity index is 557. The first-order chi connectivity index (χ1) is 10.2. The van der Waals surface area contributed by atoms with Crippen LogP contribution in [0, 0.1) is 11.8 Å². The first kappa shape index (κ1) is 14.4. The van der Waals surface area contributed by atoms with E-state index in [1.807, 2.05) is 24.3 Å². The third-order valence-corrected chi connectivity index (χ3v) is 4.45. The van der Waals surface area contributed by atoms with Crippen molar-refractivity contribution in [1.82, 2.24) is 10.6 Å². The minimum absolute atomic E-state index is 0.0176. The molecule has 0 aromatic heterocycles. The van der Waals surface area contributed by atoms with Crippen molar-refractivity contribution in [1.29, 1.82) is 0 Å². The minimum atomic E-state index is 0.0176. The van der Waals surface area contributed by atoms with Gasteiger partial charge in [-0.25, -0.2) is 0 Å². The van der Waals surface area contributed by atoms with Gasteiger partial charge in [0.25, 0.3) is 0 Å². The van der Waals surface area contributed by atoms with Crippen LogP contribution in [0.1, 0.15) is 30.7 Å². The second kappa shape index (κ2) is 6.06. The monoisotopic (exact) mass is 306 g/mol. The van der Waals surface area contributed by atoms with Gasteiger partial charge < -0.3 is 10.6 Å². The number of benzene rings is 1. The molecule has 21 heavy (non-hydrogen) atoms. The topological polar surface area (TPSA) is 58.2 Å². The van der Waals surface area contributed by atoms with Crippen molar-refractivity contribution in [3.05, 3.63) is 34.9 Å². The molecule has 0 heterocycles. The van der Waals surface area contributed by atoms with E-state index in [0.29, 0.717) is 13.1 Å². The van der Waals surface area contributed by atoms with Gasteiger partial charge in [0.15, 0.2) is 0 Å². The van der Waals surface area contributed by atoms with Gasteiger partial charge in [-0.3, -0.25) is 9.59 Å². The first-order valence-electron chi connectivity index (χ1n) is 7.46. The molecule has 1 aromatic carbocycles. The predicted octanol–water partition coefficient (Wildman–Crippen LogP) is 2.09. The molecule has 2 N–H and O–H groups in total. The molecule has 0 bridgehead atoms. The fourth-order valence-electron chi connectivity index (χ4n) is 2.60. The van der Waals surface area contributed by atoms with Crippen LogP contribution in [0.25, 0.3) is 0 Å². The third kappa shape index (κ3) is 3.56. The van der Waals surface area contributed by atoms with Crippen molar-refractivity contribution in [3.8, 4) is 0 Å². The van der Waals surface area contributed by atoms with E-state index in [0.717, 1.165) is 29.8 Å². The van der Waals surface area contributed by atoms with Gasteiger partial charge in [-0.2, -0.15) is 0 Å². The number of nitrogens with one attached hydrogen (secondary N) is 2. The molecule has 0 radical (unpaired) electrons. The molecule has 2 aliphatic carbocycles. The molecule has 3 rings (SSSR count). The van der Waals surface area contributed by atoms with Crippen LogP contribution in [0.15, 0.2) is 24.3 Å². The second-order valence-electron chi connectivity index (χ2n) is 5.83. The van der Waals surface area contributed by atoms with Crippen molar-refractivity contribution in [2.75, 3.05) is 13.1 Å². The second-order valence-corrected chi connectivity index (χ2v) is 6.23. The lowest BCUT2D eigenvalue weighted by Crippen LogP contribution is -2.36. The van der Waals surface area contributed by atoms with E-state index in [1.165, 1.54) is 0 Å². The molecule has 2 aliphatic rings. The van der Waals surface area contributed by atoms with Crippen LogP contribution in [0.3, 0.4) is 0 Å². The van der Waals surface area contributed by atoms with E-state index < -0.39 is 0 Å². The summed E-state index contributed by atoms with van der Waals surface area (Å²) in [5.41, 5.74) is 1.06. The Morgan fingerprint density at radius 2 is 1.76 bits per heavy atom. The van der Waals surface area contributed by atoms with Gasteiger partial charge in [0.05, 0.1) is 0 Å². The molecule has 112 valence electrons. The van der Waals surface area contributed by atoms with Crippen molar-refractivity contribution >= 4 is 23.4 Å². The summed E-state index contributed by atoms with van der Waals surface area (Å²) in [6.45, 7) is 0.994. The van der Waals surface area contributed by atoms with Crippen molar-refractivity contribution in [2.24, 2.45) is 11.8 Å². The lowest BCUT2D eigenvalue weighted by atomic mass is 10.1. The van der Waals surface area contributed by atoms with Crippen LogP contribution in [0.2, 0.25) is 5.02 Å². The molecule has 0 aliphatic heterocycles. The quantitative estimate of drug-likeness (QED) is 0.791. The SMILES string of the molecule is O=C(NCCNC(=O)C1CC1c1ccccc1Cl)C1CC1. The Morgan fingerprint density at radius 1 is 1.10 bits per heavy atom. The highest BCUT2D eigenvalue weighted by Crippen LogP contribution is 2.49. The molecule has 2 unspecified atom stereocenters. The van der Waals surface area contributed by atoms with Gasteiger partial charge in [-0.15, -0.1) is 0 Å². The summed E-state index contributed by atoms with van der Waals surface area (Å²) in [5.74, 6) is 0.641.